The molecule has 4 nitrogen and oxygen atoms in total. The fourth-order valence-electron chi connectivity index (χ4n) is 2.22. The van der Waals surface area contributed by atoms with Gasteiger partial charge in [-0.25, -0.2) is 13.2 Å². The fourth-order valence-corrected chi connectivity index (χ4v) is 3.54. The molecule has 0 saturated carbocycles. The van der Waals surface area contributed by atoms with Crippen molar-refractivity contribution < 1.29 is 17.9 Å². The maximum atomic E-state index is 12.6. The Hall–Kier alpha value is -1.88. The molecule has 0 aliphatic rings. The third kappa shape index (κ3) is 6.32. The molecule has 0 spiro atoms. The van der Waals surface area contributed by atoms with Crippen molar-refractivity contribution in [1.29, 1.82) is 0 Å². The number of ether oxygens (including phenoxy) is 1. The lowest BCUT2D eigenvalue weighted by atomic mass is 10.1. The average Bonchev–Trinajstić information content (AvgIpc) is 2.59. The minimum atomic E-state index is -3.90. The third-order valence-electron chi connectivity index (χ3n) is 3.54. The van der Waals surface area contributed by atoms with E-state index >= 15 is 0 Å². The van der Waals surface area contributed by atoms with Gasteiger partial charge in [0, 0.05) is 0 Å². The molecule has 0 aliphatic carbocycles. The Kier molecular flexibility index (Phi) is 9.08. The number of hydrogen-bond donors (Lipinski definition) is 0. The van der Waals surface area contributed by atoms with Crippen molar-refractivity contribution in [3.05, 3.63) is 54.0 Å². The molecule has 0 aliphatic heterocycles. The van der Waals surface area contributed by atoms with E-state index in [9.17, 15) is 13.2 Å². The van der Waals surface area contributed by atoms with Gasteiger partial charge in [0.15, 0.2) is 4.91 Å². The molecule has 0 heterocycles. The number of hydrogen-bond acceptors (Lipinski definition) is 4. The zero-order valence-corrected chi connectivity index (χ0v) is 15.1. The highest BCUT2D eigenvalue weighted by Crippen LogP contribution is 2.20. The van der Waals surface area contributed by atoms with Gasteiger partial charge in [0.1, 0.15) is 0 Å². The zero-order valence-electron chi connectivity index (χ0n) is 14.2. The number of rotatable bonds is 11. The highest BCUT2D eigenvalue weighted by Gasteiger charge is 2.27. The van der Waals surface area contributed by atoms with Crippen LogP contribution < -0.4 is 0 Å². The maximum absolute atomic E-state index is 12.6. The van der Waals surface area contributed by atoms with E-state index in [0.717, 1.165) is 19.3 Å². The number of sulfone groups is 1. The van der Waals surface area contributed by atoms with Gasteiger partial charge in [-0.2, -0.15) is 0 Å². The lowest BCUT2D eigenvalue weighted by Crippen LogP contribution is -2.17. The van der Waals surface area contributed by atoms with Gasteiger partial charge in [-0.15, -0.1) is 0 Å². The molecule has 1 aromatic carbocycles. The number of esters is 1. The third-order valence-corrected chi connectivity index (χ3v) is 5.32. The summed E-state index contributed by atoms with van der Waals surface area (Å²) in [6.07, 6.45) is 8.84. The molecule has 1 rings (SSSR count). The molecule has 0 atom stereocenters. The number of carbonyl (C=O) groups excluding carboxylic acids is 1. The molecular weight excluding hydrogens is 324 g/mol. The van der Waals surface area contributed by atoms with Gasteiger partial charge < -0.3 is 4.74 Å². The summed E-state index contributed by atoms with van der Waals surface area (Å²) in [5, 5.41) is 0. The van der Waals surface area contributed by atoms with Crippen LogP contribution in [0.15, 0.2) is 58.9 Å². The summed E-state index contributed by atoms with van der Waals surface area (Å²) in [6.45, 7) is 5.86. The first-order valence-corrected chi connectivity index (χ1v) is 9.82. The van der Waals surface area contributed by atoms with E-state index in [4.69, 9.17) is 4.74 Å². The molecule has 0 fully saturated rings. The highest BCUT2D eigenvalue weighted by atomic mass is 32.2. The van der Waals surface area contributed by atoms with E-state index in [-0.39, 0.29) is 16.4 Å². The Balaban J connectivity index is 2.64. The minimum absolute atomic E-state index is 0.0645. The lowest BCUT2D eigenvalue weighted by molar-refractivity contribution is -0.138. The van der Waals surface area contributed by atoms with Gasteiger partial charge in [-0.3, -0.25) is 0 Å². The van der Waals surface area contributed by atoms with Crippen LogP contribution in [0.4, 0.5) is 0 Å². The van der Waals surface area contributed by atoms with Gasteiger partial charge in [-0.05, 0) is 24.6 Å². The van der Waals surface area contributed by atoms with Crippen molar-refractivity contribution in [2.45, 2.75) is 50.3 Å². The van der Waals surface area contributed by atoms with Crippen molar-refractivity contribution >= 4 is 15.8 Å². The Morgan fingerprint density at radius 3 is 2.33 bits per heavy atom. The standard InChI is InChI=1S/C19H26O4S/c1-3-5-6-7-8-12-16-23-19(20)18(13-4-2)24(21,22)17-14-10-9-11-15-17/h4,9-11,13-15H,2-3,5-8,12,16H2,1H3. The summed E-state index contributed by atoms with van der Waals surface area (Å²) in [6, 6.07) is 7.84. The molecule has 0 radical (unpaired) electrons. The van der Waals surface area contributed by atoms with Gasteiger partial charge >= 0.3 is 5.97 Å². The van der Waals surface area contributed by atoms with Crippen LogP contribution in [0.2, 0.25) is 0 Å². The first-order chi connectivity index (χ1) is 11.5. The number of unbranched alkanes of at least 4 members (excludes halogenated alkanes) is 5. The lowest BCUT2D eigenvalue weighted by Gasteiger charge is -2.09. The second kappa shape index (κ2) is 10.8. The normalized spacial score (nSPS) is 12.0. The van der Waals surface area contributed by atoms with Crippen LogP contribution in [0, 0.1) is 0 Å². The molecule has 0 aromatic heterocycles. The van der Waals surface area contributed by atoms with Gasteiger partial charge in [0.05, 0.1) is 11.5 Å². The van der Waals surface area contributed by atoms with Crippen LogP contribution >= 0.6 is 0 Å². The molecule has 132 valence electrons. The van der Waals surface area contributed by atoms with Crippen LogP contribution in [0.3, 0.4) is 0 Å². The fraction of sp³-hybridized carbons (Fsp3) is 0.421. The van der Waals surface area contributed by atoms with Crippen molar-refractivity contribution in [2.24, 2.45) is 0 Å². The van der Waals surface area contributed by atoms with Gasteiger partial charge in [0.2, 0.25) is 9.84 Å². The van der Waals surface area contributed by atoms with Crippen LogP contribution in [0.5, 0.6) is 0 Å². The van der Waals surface area contributed by atoms with E-state index in [1.54, 1.807) is 18.2 Å². The molecule has 5 heteroatoms. The van der Waals surface area contributed by atoms with E-state index in [1.807, 2.05) is 0 Å². The summed E-state index contributed by atoms with van der Waals surface area (Å²) in [4.78, 5) is 11.9. The second-order valence-corrected chi connectivity index (χ2v) is 7.40. The molecule has 0 unspecified atom stereocenters. The van der Waals surface area contributed by atoms with Crippen LogP contribution in [-0.4, -0.2) is 21.0 Å². The summed E-state index contributed by atoms with van der Waals surface area (Å²) < 4.78 is 30.2. The minimum Gasteiger partial charge on any atom is -0.462 e. The summed E-state index contributed by atoms with van der Waals surface area (Å²) >= 11 is 0. The first kappa shape index (κ1) is 20.2. The topological polar surface area (TPSA) is 60.4 Å². The zero-order chi connectivity index (χ0) is 17.8. The van der Waals surface area contributed by atoms with Crippen LogP contribution in [0.25, 0.3) is 0 Å². The summed E-state index contributed by atoms with van der Waals surface area (Å²) in [5.41, 5.74) is 0. The average molecular weight is 350 g/mol. The molecule has 0 amide bonds. The molecule has 0 saturated heterocycles. The van der Waals surface area contributed by atoms with E-state index in [2.05, 4.69) is 13.5 Å². The molecule has 24 heavy (non-hydrogen) atoms. The quantitative estimate of drug-likeness (QED) is 0.256. The van der Waals surface area contributed by atoms with Crippen LogP contribution in [-0.2, 0) is 19.4 Å². The number of carbonyl (C=O) groups is 1. The van der Waals surface area contributed by atoms with Crippen molar-refractivity contribution in [1.82, 2.24) is 0 Å². The Bertz CT molecular complexity index is 645. The van der Waals surface area contributed by atoms with E-state index in [1.165, 1.54) is 43.5 Å². The maximum Gasteiger partial charge on any atom is 0.350 e. The molecule has 0 bridgehead atoms. The van der Waals surface area contributed by atoms with Gasteiger partial charge in [-0.1, -0.05) is 69.9 Å². The largest absolute Gasteiger partial charge is 0.462 e. The molecule has 0 N–H and O–H groups in total. The molecule has 1 aromatic rings. The summed E-state index contributed by atoms with van der Waals surface area (Å²) in [7, 11) is -3.90. The highest BCUT2D eigenvalue weighted by molar-refractivity contribution is 7.96. The van der Waals surface area contributed by atoms with E-state index in [0.29, 0.717) is 0 Å². The Morgan fingerprint density at radius 1 is 1.08 bits per heavy atom. The van der Waals surface area contributed by atoms with Crippen LogP contribution in [0.1, 0.15) is 45.4 Å². The predicted octanol–water partition coefficient (Wildman–Crippen LogP) is 4.43. The predicted molar refractivity (Wildman–Crippen MR) is 96.2 cm³/mol. The number of benzene rings is 1. The van der Waals surface area contributed by atoms with Crippen molar-refractivity contribution in [3.8, 4) is 0 Å². The summed E-state index contributed by atoms with van der Waals surface area (Å²) in [5.74, 6) is -0.827. The molecular formula is C19H26O4S. The number of allylic oxidation sites excluding steroid dienone is 2. The smallest absolute Gasteiger partial charge is 0.350 e. The van der Waals surface area contributed by atoms with Gasteiger partial charge in [0.25, 0.3) is 0 Å². The SMILES string of the molecule is C=CC=C(C(=O)OCCCCCCCC)S(=O)(=O)c1ccccc1. The Labute approximate surface area is 145 Å². The second-order valence-electron chi connectivity index (χ2n) is 5.49. The van der Waals surface area contributed by atoms with Crippen molar-refractivity contribution in [3.63, 3.8) is 0 Å². The van der Waals surface area contributed by atoms with Crippen molar-refractivity contribution in [2.75, 3.05) is 6.61 Å². The monoisotopic (exact) mass is 350 g/mol. The Morgan fingerprint density at radius 2 is 1.71 bits per heavy atom. The van der Waals surface area contributed by atoms with E-state index < -0.39 is 15.8 Å². The first-order valence-electron chi connectivity index (χ1n) is 8.34.